The Bertz CT molecular complexity index is 59.2. The number of hydrogen-bond acceptors (Lipinski definition) is 3. The van der Waals surface area contributed by atoms with Gasteiger partial charge in [0.25, 0.3) is 0 Å². The van der Waals surface area contributed by atoms with E-state index in [1.807, 2.05) is 0 Å². The highest BCUT2D eigenvalue weighted by atomic mass is 16.5. The van der Waals surface area contributed by atoms with Gasteiger partial charge in [-0.3, -0.25) is 11.1 Å². The Morgan fingerprint density at radius 1 is 1.86 bits per heavy atom. The molecule has 1 rings (SSSR count). The van der Waals surface area contributed by atoms with Gasteiger partial charge in [-0.25, -0.2) is 0 Å². The summed E-state index contributed by atoms with van der Waals surface area (Å²) >= 11 is 0. The highest BCUT2D eigenvalue weighted by Crippen LogP contribution is 1.64. The lowest BCUT2D eigenvalue weighted by molar-refractivity contribution is -0.860. The van der Waals surface area contributed by atoms with Gasteiger partial charge in [-0.1, -0.05) is 0 Å². The predicted octanol–water partition coefficient (Wildman–Crippen LogP) is -2.79. The van der Waals surface area contributed by atoms with Crippen LogP contribution in [0.15, 0.2) is 0 Å². The molecule has 1 saturated heterocycles. The zero-order chi connectivity index (χ0) is 5.28. The maximum Gasteiger partial charge on any atom is 0.152 e. The first-order chi connectivity index (χ1) is 3.30. The Hall–Kier alpha value is -0.160. The van der Waals surface area contributed by atoms with E-state index in [0.717, 1.165) is 0 Å². The Kier molecular flexibility index (Phi) is 1.25. The average molecular weight is 103 g/mol. The molecular formula is C3H9N3O. The normalized spacial score (nSPS) is 42.0. The minimum absolute atomic E-state index is 0.125. The zero-order valence-corrected chi connectivity index (χ0v) is 3.98. The van der Waals surface area contributed by atoms with Crippen molar-refractivity contribution < 1.29 is 5.06 Å². The lowest BCUT2D eigenvalue weighted by Crippen LogP contribution is -3.11. The molecule has 1 aliphatic rings. The molecule has 1 aliphatic heterocycles. The highest BCUT2D eigenvalue weighted by molar-refractivity contribution is 4.54. The van der Waals surface area contributed by atoms with E-state index in [-0.39, 0.29) is 11.2 Å². The van der Waals surface area contributed by atoms with Crippen LogP contribution in [0.1, 0.15) is 0 Å². The molecule has 4 N–H and O–H groups in total. The second kappa shape index (κ2) is 1.75. The number of rotatable bonds is 0. The lowest BCUT2D eigenvalue weighted by Gasteiger charge is -2.18. The molecule has 4 nitrogen and oxygen atoms in total. The zero-order valence-electron chi connectivity index (χ0n) is 3.98. The van der Waals surface area contributed by atoms with E-state index >= 15 is 0 Å². The lowest BCUT2D eigenvalue weighted by atomic mass is 10.6. The molecular weight excluding hydrogens is 94.1 g/mol. The van der Waals surface area contributed by atoms with Crippen LogP contribution in [0.4, 0.5) is 0 Å². The monoisotopic (exact) mass is 103 g/mol. The van der Waals surface area contributed by atoms with Crippen molar-refractivity contribution >= 4 is 0 Å². The van der Waals surface area contributed by atoms with Crippen LogP contribution in [0.3, 0.4) is 0 Å². The Labute approximate surface area is 41.9 Å². The number of hydrogen-bond donors (Lipinski definition) is 3. The summed E-state index contributed by atoms with van der Waals surface area (Å²) in [4.78, 5) is 0. The van der Waals surface area contributed by atoms with E-state index in [4.69, 9.17) is 5.73 Å². The third-order valence-electron chi connectivity index (χ3n) is 1.08. The topological polar surface area (TPSA) is 65.5 Å². The molecule has 42 valence electrons. The minimum Gasteiger partial charge on any atom is -0.632 e. The van der Waals surface area contributed by atoms with Crippen LogP contribution < -0.4 is 16.1 Å². The van der Waals surface area contributed by atoms with E-state index in [1.54, 1.807) is 0 Å². The second-order valence-electron chi connectivity index (χ2n) is 1.70. The highest BCUT2D eigenvalue weighted by Gasteiger charge is 2.15. The van der Waals surface area contributed by atoms with Gasteiger partial charge in [0, 0.05) is 0 Å². The molecule has 1 fully saturated rings. The first-order valence-electron chi connectivity index (χ1n) is 2.30. The van der Waals surface area contributed by atoms with Gasteiger partial charge >= 0.3 is 0 Å². The van der Waals surface area contributed by atoms with Crippen molar-refractivity contribution in [3.63, 3.8) is 0 Å². The van der Waals surface area contributed by atoms with Gasteiger partial charge in [0.05, 0.1) is 6.54 Å². The van der Waals surface area contributed by atoms with E-state index in [1.165, 1.54) is 0 Å². The van der Waals surface area contributed by atoms with Crippen LogP contribution in [0.5, 0.6) is 0 Å². The summed E-state index contributed by atoms with van der Waals surface area (Å²) < 4.78 is 0. The molecule has 1 heterocycles. The van der Waals surface area contributed by atoms with Gasteiger partial charge in [0.1, 0.15) is 6.67 Å². The molecule has 0 aromatic carbocycles. The summed E-state index contributed by atoms with van der Waals surface area (Å²) in [5.74, 6) is 0. The van der Waals surface area contributed by atoms with Crippen molar-refractivity contribution in [2.45, 2.75) is 6.17 Å². The molecule has 7 heavy (non-hydrogen) atoms. The van der Waals surface area contributed by atoms with Crippen molar-refractivity contribution in [1.29, 1.82) is 0 Å². The van der Waals surface area contributed by atoms with E-state index in [9.17, 15) is 5.21 Å². The predicted molar refractivity (Wildman–Crippen MR) is 25.2 cm³/mol. The summed E-state index contributed by atoms with van der Waals surface area (Å²) in [7, 11) is 0. The van der Waals surface area contributed by atoms with Crippen molar-refractivity contribution in [1.82, 2.24) is 5.32 Å². The van der Waals surface area contributed by atoms with Gasteiger partial charge in [-0.2, -0.15) is 0 Å². The minimum atomic E-state index is -0.236. The van der Waals surface area contributed by atoms with Gasteiger partial charge in [-0.15, -0.1) is 0 Å². The molecule has 2 unspecified atom stereocenters. The quantitative estimate of drug-likeness (QED) is 0.290. The molecule has 4 heteroatoms. The first kappa shape index (κ1) is 4.99. The van der Waals surface area contributed by atoms with Gasteiger partial charge in [-0.05, 0) is 0 Å². The summed E-state index contributed by atoms with van der Waals surface area (Å²) in [5, 5.41) is 13.4. The van der Waals surface area contributed by atoms with Gasteiger partial charge < -0.3 is 10.3 Å². The molecule has 2 atom stereocenters. The van der Waals surface area contributed by atoms with Gasteiger partial charge in [0.2, 0.25) is 0 Å². The number of nitrogens with two attached hydrogens (primary N) is 1. The molecule has 0 saturated carbocycles. The van der Waals surface area contributed by atoms with E-state index in [2.05, 4.69) is 5.32 Å². The summed E-state index contributed by atoms with van der Waals surface area (Å²) in [5.41, 5.74) is 5.27. The number of hydroxylamine groups is 2. The Morgan fingerprint density at radius 2 is 2.57 bits per heavy atom. The fraction of sp³-hybridized carbons (Fsp3) is 1.00. The van der Waals surface area contributed by atoms with E-state index in [0.29, 0.717) is 13.2 Å². The van der Waals surface area contributed by atoms with Crippen LogP contribution >= 0.6 is 0 Å². The standard InChI is InChI=1S/C3H9N3O/c4-3-1-5-2-6(3)7/h3,5-6H,1-2,4H2. The van der Waals surface area contributed by atoms with Crippen LogP contribution in [-0.2, 0) is 0 Å². The first-order valence-corrected chi connectivity index (χ1v) is 2.30. The molecule has 0 aliphatic carbocycles. The average Bonchev–Trinajstić information content (AvgIpc) is 1.91. The molecule has 0 amide bonds. The molecule has 0 spiro atoms. The third kappa shape index (κ3) is 0.889. The van der Waals surface area contributed by atoms with Crippen LogP contribution in [0.25, 0.3) is 0 Å². The van der Waals surface area contributed by atoms with Crippen molar-refractivity contribution in [2.24, 2.45) is 5.73 Å². The summed E-state index contributed by atoms with van der Waals surface area (Å²) in [6, 6.07) is 0. The Balaban J connectivity index is 2.33. The van der Waals surface area contributed by atoms with E-state index < -0.39 is 0 Å². The van der Waals surface area contributed by atoms with Gasteiger partial charge in [0.15, 0.2) is 6.17 Å². The van der Waals surface area contributed by atoms with Crippen LogP contribution in [0.2, 0.25) is 0 Å². The number of nitrogens with one attached hydrogen (secondary N) is 2. The Morgan fingerprint density at radius 3 is 2.71 bits per heavy atom. The fourth-order valence-electron chi connectivity index (χ4n) is 0.596. The van der Waals surface area contributed by atoms with Crippen molar-refractivity contribution in [3.8, 4) is 0 Å². The SMILES string of the molecule is NC1CNC[NH+]1[O-]. The second-order valence-corrected chi connectivity index (χ2v) is 1.70. The molecule has 0 aromatic heterocycles. The molecule has 0 radical (unpaired) electrons. The maximum absolute atomic E-state index is 10.4. The molecule has 0 bridgehead atoms. The van der Waals surface area contributed by atoms with Crippen molar-refractivity contribution in [2.75, 3.05) is 13.2 Å². The van der Waals surface area contributed by atoms with Crippen LogP contribution in [-0.4, -0.2) is 19.4 Å². The third-order valence-corrected chi connectivity index (χ3v) is 1.08. The molecule has 0 aromatic rings. The number of quaternary nitrogens is 1. The largest absolute Gasteiger partial charge is 0.632 e. The van der Waals surface area contributed by atoms with Crippen molar-refractivity contribution in [3.05, 3.63) is 5.21 Å². The summed E-state index contributed by atoms with van der Waals surface area (Å²) in [6.45, 7) is 1.11. The smallest absolute Gasteiger partial charge is 0.152 e. The maximum atomic E-state index is 10.4. The van der Waals surface area contributed by atoms with Crippen LogP contribution in [0, 0.1) is 5.21 Å². The summed E-state index contributed by atoms with van der Waals surface area (Å²) in [6.07, 6.45) is -0.236. The fourth-order valence-corrected chi connectivity index (χ4v) is 0.596.